The summed E-state index contributed by atoms with van der Waals surface area (Å²) in [5.41, 5.74) is -0.712. The lowest BCUT2D eigenvalue weighted by Crippen LogP contribution is -2.35. The van der Waals surface area contributed by atoms with E-state index >= 15 is 0 Å². The number of nitrogens with one attached hydrogen (secondary N) is 3. The maximum Gasteiger partial charge on any atom is 0.271 e. The Morgan fingerprint density at radius 2 is 1.74 bits per heavy atom. The molecule has 2 aromatic rings. The number of aromatic amines is 1. The second-order valence-corrected chi connectivity index (χ2v) is 4.44. The van der Waals surface area contributed by atoms with Crippen molar-refractivity contribution in [1.82, 2.24) is 20.8 Å². The predicted molar refractivity (Wildman–Crippen MR) is 75.9 cm³/mol. The van der Waals surface area contributed by atoms with Crippen LogP contribution in [0.2, 0.25) is 0 Å². The number of carbonyl (C=O) groups excluding carboxylic acids is 2. The zero-order chi connectivity index (χ0) is 16.8. The molecule has 0 radical (unpaired) electrons. The highest BCUT2D eigenvalue weighted by atomic mass is 19.1. The molecule has 2 amide bonds. The maximum absolute atomic E-state index is 13.4. The van der Waals surface area contributed by atoms with Crippen molar-refractivity contribution in [2.24, 2.45) is 0 Å². The van der Waals surface area contributed by atoms with Gasteiger partial charge in [-0.25, -0.2) is 13.9 Å². The topological polar surface area (TPSA) is 104 Å². The third-order valence-corrected chi connectivity index (χ3v) is 2.78. The van der Waals surface area contributed by atoms with E-state index in [4.69, 9.17) is 0 Å². The van der Waals surface area contributed by atoms with E-state index in [0.29, 0.717) is 6.07 Å². The van der Waals surface area contributed by atoms with Gasteiger partial charge in [0, 0.05) is 25.2 Å². The van der Waals surface area contributed by atoms with Crippen molar-refractivity contribution in [3.63, 3.8) is 0 Å². The summed E-state index contributed by atoms with van der Waals surface area (Å²) in [7, 11) is 0. The van der Waals surface area contributed by atoms with Crippen LogP contribution in [-0.2, 0) is 0 Å². The highest BCUT2D eigenvalue weighted by Gasteiger charge is 2.12. The van der Waals surface area contributed by atoms with Crippen molar-refractivity contribution >= 4 is 11.8 Å². The van der Waals surface area contributed by atoms with Gasteiger partial charge in [0.05, 0.1) is 5.56 Å². The van der Waals surface area contributed by atoms with Crippen LogP contribution in [0.3, 0.4) is 0 Å². The number of nitrogens with zero attached hydrogens (tertiary/aromatic N) is 1. The fourth-order valence-electron chi connectivity index (χ4n) is 1.68. The largest absolute Gasteiger partial charge is 0.350 e. The second-order valence-electron chi connectivity index (χ2n) is 4.44. The molecular formula is C14H12F2N4O3. The molecule has 0 saturated heterocycles. The Hall–Kier alpha value is -3.10. The van der Waals surface area contributed by atoms with E-state index in [1.807, 2.05) is 0 Å². The summed E-state index contributed by atoms with van der Waals surface area (Å²) in [5.74, 6) is -3.01. The normalized spacial score (nSPS) is 10.2. The van der Waals surface area contributed by atoms with E-state index in [1.165, 1.54) is 6.07 Å². The van der Waals surface area contributed by atoms with Gasteiger partial charge < -0.3 is 10.6 Å². The Bertz CT molecular complexity index is 771. The molecule has 1 aromatic carbocycles. The third-order valence-electron chi connectivity index (χ3n) is 2.78. The van der Waals surface area contributed by atoms with Gasteiger partial charge >= 0.3 is 0 Å². The molecule has 23 heavy (non-hydrogen) atoms. The highest BCUT2D eigenvalue weighted by Crippen LogP contribution is 2.08. The molecule has 0 aliphatic rings. The quantitative estimate of drug-likeness (QED) is 0.684. The van der Waals surface area contributed by atoms with Gasteiger partial charge in [0.15, 0.2) is 0 Å². The fraction of sp³-hybridized carbons (Fsp3) is 0.143. The van der Waals surface area contributed by atoms with E-state index in [2.05, 4.69) is 20.8 Å². The minimum Gasteiger partial charge on any atom is -0.350 e. The number of benzene rings is 1. The van der Waals surface area contributed by atoms with Crippen molar-refractivity contribution in [2.45, 2.75) is 0 Å². The number of H-pyrrole nitrogens is 1. The Kier molecular flexibility index (Phi) is 5.13. The molecule has 9 heteroatoms. The van der Waals surface area contributed by atoms with Crippen molar-refractivity contribution < 1.29 is 18.4 Å². The minimum absolute atomic E-state index is 0.0144. The molecule has 0 unspecified atom stereocenters. The fourth-order valence-corrected chi connectivity index (χ4v) is 1.68. The van der Waals surface area contributed by atoms with Gasteiger partial charge in [-0.15, -0.1) is 0 Å². The molecular weight excluding hydrogens is 310 g/mol. The number of rotatable bonds is 5. The Morgan fingerprint density at radius 1 is 1.04 bits per heavy atom. The molecule has 3 N–H and O–H groups in total. The first-order valence-electron chi connectivity index (χ1n) is 6.54. The van der Waals surface area contributed by atoms with E-state index in [1.54, 1.807) is 0 Å². The van der Waals surface area contributed by atoms with Gasteiger partial charge in [0.1, 0.15) is 17.3 Å². The first kappa shape index (κ1) is 16.3. The first-order chi connectivity index (χ1) is 11.0. The summed E-state index contributed by atoms with van der Waals surface area (Å²) < 4.78 is 26.1. The SMILES string of the molecule is O=C(NCCNC(=O)c1ccc(F)cc1F)c1ccc(=O)[nH]n1. The van der Waals surface area contributed by atoms with Crippen LogP contribution in [0.25, 0.3) is 0 Å². The molecule has 120 valence electrons. The number of hydrogen-bond acceptors (Lipinski definition) is 4. The van der Waals surface area contributed by atoms with Crippen LogP contribution >= 0.6 is 0 Å². The molecule has 7 nitrogen and oxygen atoms in total. The lowest BCUT2D eigenvalue weighted by Gasteiger charge is -2.07. The van der Waals surface area contributed by atoms with Crippen LogP contribution in [0.4, 0.5) is 8.78 Å². The Balaban J connectivity index is 1.80. The second kappa shape index (κ2) is 7.25. The van der Waals surface area contributed by atoms with Gasteiger partial charge in [-0.3, -0.25) is 14.4 Å². The molecule has 1 aromatic heterocycles. The zero-order valence-corrected chi connectivity index (χ0v) is 11.7. The van der Waals surface area contributed by atoms with Crippen LogP contribution in [0.15, 0.2) is 35.1 Å². The number of halogens is 2. The Morgan fingerprint density at radius 3 is 2.35 bits per heavy atom. The molecule has 2 rings (SSSR count). The van der Waals surface area contributed by atoms with Crippen molar-refractivity contribution in [3.05, 3.63) is 63.6 Å². The summed E-state index contributed by atoms with van der Waals surface area (Å²) in [6.45, 7) is 0.0962. The van der Waals surface area contributed by atoms with Crippen molar-refractivity contribution in [1.29, 1.82) is 0 Å². The van der Waals surface area contributed by atoms with Crippen LogP contribution < -0.4 is 16.2 Å². The monoisotopic (exact) mass is 322 g/mol. The van der Waals surface area contributed by atoms with Crippen LogP contribution in [0, 0.1) is 11.6 Å². The molecule has 0 aliphatic heterocycles. The molecule has 0 atom stereocenters. The number of amides is 2. The van der Waals surface area contributed by atoms with Crippen molar-refractivity contribution in [3.8, 4) is 0 Å². The summed E-state index contributed by atoms with van der Waals surface area (Å²) >= 11 is 0. The Labute approximate surface area is 128 Å². The van der Waals surface area contributed by atoms with Gasteiger partial charge in [-0.05, 0) is 18.2 Å². The zero-order valence-electron chi connectivity index (χ0n) is 11.7. The van der Waals surface area contributed by atoms with E-state index < -0.39 is 29.0 Å². The maximum atomic E-state index is 13.4. The predicted octanol–water partition coefficient (Wildman–Crippen LogP) is 0.208. The van der Waals surface area contributed by atoms with Gasteiger partial charge in [0.25, 0.3) is 17.4 Å². The molecule has 1 heterocycles. The summed E-state index contributed by atoms with van der Waals surface area (Å²) in [6, 6.07) is 5.02. The van der Waals surface area contributed by atoms with Gasteiger partial charge in [-0.2, -0.15) is 5.10 Å². The van der Waals surface area contributed by atoms with E-state index in [9.17, 15) is 23.2 Å². The lowest BCUT2D eigenvalue weighted by atomic mass is 10.2. The smallest absolute Gasteiger partial charge is 0.271 e. The average Bonchev–Trinajstić information content (AvgIpc) is 2.51. The molecule has 0 bridgehead atoms. The number of aromatic nitrogens is 2. The summed E-state index contributed by atoms with van der Waals surface area (Å²) in [5, 5.41) is 10.5. The van der Waals surface area contributed by atoms with Crippen LogP contribution in [0.5, 0.6) is 0 Å². The molecule has 0 fully saturated rings. The molecule has 0 saturated carbocycles. The lowest BCUT2D eigenvalue weighted by molar-refractivity contribution is 0.0922. The van der Waals surface area contributed by atoms with E-state index in [-0.39, 0.29) is 24.3 Å². The first-order valence-corrected chi connectivity index (χ1v) is 6.54. The number of hydrogen-bond donors (Lipinski definition) is 3. The average molecular weight is 322 g/mol. The summed E-state index contributed by atoms with van der Waals surface area (Å²) in [6.07, 6.45) is 0. The van der Waals surface area contributed by atoms with Gasteiger partial charge in [0.2, 0.25) is 0 Å². The third kappa shape index (κ3) is 4.43. The molecule has 0 spiro atoms. The number of carbonyl (C=O) groups is 2. The van der Waals surface area contributed by atoms with Gasteiger partial charge in [-0.1, -0.05) is 0 Å². The summed E-state index contributed by atoms with van der Waals surface area (Å²) in [4.78, 5) is 34.2. The van der Waals surface area contributed by atoms with E-state index in [0.717, 1.165) is 18.2 Å². The standard InChI is InChI=1S/C14H12F2N4O3/c15-8-1-2-9(10(16)7-8)13(22)17-5-6-18-14(23)11-3-4-12(21)20-19-11/h1-4,7H,5-6H2,(H,17,22)(H,18,23)(H,20,21). The minimum atomic E-state index is -0.969. The van der Waals surface area contributed by atoms with Crippen LogP contribution in [-0.4, -0.2) is 35.1 Å². The highest BCUT2D eigenvalue weighted by molar-refractivity contribution is 5.94. The molecule has 0 aliphatic carbocycles. The van der Waals surface area contributed by atoms with Crippen molar-refractivity contribution in [2.75, 3.05) is 13.1 Å². The van der Waals surface area contributed by atoms with Crippen LogP contribution in [0.1, 0.15) is 20.8 Å².